The van der Waals surface area contributed by atoms with Gasteiger partial charge in [0.15, 0.2) is 11.5 Å². The molecule has 11 heteroatoms. The van der Waals surface area contributed by atoms with Crippen LogP contribution >= 0.6 is 15.9 Å². The highest BCUT2D eigenvalue weighted by Gasteiger charge is 2.30. The Balaban J connectivity index is 1.92. The number of ether oxygens (including phenoxy) is 2. The van der Waals surface area contributed by atoms with Gasteiger partial charge in [-0.05, 0) is 36.8 Å². The van der Waals surface area contributed by atoms with Crippen molar-refractivity contribution in [2.75, 3.05) is 37.4 Å². The number of halogens is 1. The summed E-state index contributed by atoms with van der Waals surface area (Å²) in [6.07, 6.45) is 1.03. The van der Waals surface area contributed by atoms with E-state index in [0.29, 0.717) is 24.7 Å². The SMILES string of the molecule is CNC(=O)[C@@H](C)N(Cc1cccc(Br)c1)C(=O)CN(c1ccc2c(c1)OCCO2)S(C)(=O)=O. The van der Waals surface area contributed by atoms with Gasteiger partial charge in [-0.25, -0.2) is 8.42 Å². The van der Waals surface area contributed by atoms with Gasteiger partial charge in [0.2, 0.25) is 21.8 Å². The molecule has 9 nitrogen and oxygen atoms in total. The van der Waals surface area contributed by atoms with E-state index in [4.69, 9.17) is 9.47 Å². The Morgan fingerprint density at radius 3 is 2.45 bits per heavy atom. The first-order valence-electron chi connectivity index (χ1n) is 10.2. The average Bonchev–Trinajstić information content (AvgIpc) is 2.78. The van der Waals surface area contributed by atoms with Crippen molar-refractivity contribution in [1.29, 1.82) is 0 Å². The second kappa shape index (κ2) is 10.4. The summed E-state index contributed by atoms with van der Waals surface area (Å²) in [6, 6.07) is 11.2. The minimum Gasteiger partial charge on any atom is -0.486 e. The van der Waals surface area contributed by atoms with Crippen LogP contribution in [0.1, 0.15) is 12.5 Å². The van der Waals surface area contributed by atoms with Crippen LogP contribution < -0.4 is 19.1 Å². The topological polar surface area (TPSA) is 105 Å². The lowest BCUT2D eigenvalue weighted by Gasteiger charge is -2.31. The Kier molecular flexibility index (Phi) is 7.85. The molecule has 178 valence electrons. The lowest BCUT2D eigenvalue weighted by Crippen LogP contribution is -2.50. The van der Waals surface area contributed by atoms with Crippen LogP contribution in [0.4, 0.5) is 5.69 Å². The van der Waals surface area contributed by atoms with Gasteiger partial charge in [-0.15, -0.1) is 0 Å². The van der Waals surface area contributed by atoms with Gasteiger partial charge in [-0.1, -0.05) is 28.1 Å². The summed E-state index contributed by atoms with van der Waals surface area (Å²) in [6.45, 7) is 2.00. The Morgan fingerprint density at radius 2 is 1.82 bits per heavy atom. The molecule has 0 bridgehead atoms. The Bertz CT molecular complexity index is 1140. The van der Waals surface area contributed by atoms with E-state index in [1.54, 1.807) is 19.1 Å². The fourth-order valence-electron chi connectivity index (χ4n) is 3.42. The summed E-state index contributed by atoms with van der Waals surface area (Å²) >= 11 is 3.40. The molecule has 2 aromatic rings. The van der Waals surface area contributed by atoms with Crippen molar-refractivity contribution in [3.8, 4) is 11.5 Å². The summed E-state index contributed by atoms with van der Waals surface area (Å²) in [7, 11) is -2.34. The molecule has 0 aromatic heterocycles. The Morgan fingerprint density at radius 1 is 1.12 bits per heavy atom. The molecule has 2 aromatic carbocycles. The molecule has 0 saturated heterocycles. The molecule has 2 amide bonds. The van der Waals surface area contributed by atoms with Crippen molar-refractivity contribution in [1.82, 2.24) is 10.2 Å². The van der Waals surface area contributed by atoms with Gasteiger partial charge in [0.1, 0.15) is 25.8 Å². The Hall–Kier alpha value is -2.79. The van der Waals surface area contributed by atoms with Crippen molar-refractivity contribution in [3.05, 3.63) is 52.5 Å². The number of hydrogen-bond acceptors (Lipinski definition) is 6. The maximum absolute atomic E-state index is 13.4. The molecule has 0 aliphatic carbocycles. The molecule has 33 heavy (non-hydrogen) atoms. The number of nitrogens with one attached hydrogen (secondary N) is 1. The van der Waals surface area contributed by atoms with Crippen molar-refractivity contribution in [3.63, 3.8) is 0 Å². The fourth-order valence-corrected chi connectivity index (χ4v) is 4.71. The third kappa shape index (κ3) is 6.17. The molecule has 3 rings (SSSR count). The number of anilines is 1. The number of likely N-dealkylation sites (N-methyl/N-ethyl adjacent to an activating group) is 1. The van der Waals surface area contributed by atoms with E-state index in [-0.39, 0.29) is 18.1 Å². The average molecular weight is 540 g/mol. The zero-order valence-electron chi connectivity index (χ0n) is 18.6. The predicted octanol–water partition coefficient (Wildman–Crippen LogP) is 2.15. The van der Waals surface area contributed by atoms with E-state index in [1.165, 1.54) is 18.0 Å². The van der Waals surface area contributed by atoms with Crippen LogP contribution in [0.3, 0.4) is 0 Å². The van der Waals surface area contributed by atoms with Crippen LogP contribution in [0, 0.1) is 0 Å². The molecule has 1 N–H and O–H groups in total. The van der Waals surface area contributed by atoms with Crippen LogP contribution in [0.2, 0.25) is 0 Å². The molecule has 0 saturated carbocycles. The van der Waals surface area contributed by atoms with Gasteiger partial charge in [0, 0.05) is 24.1 Å². The largest absolute Gasteiger partial charge is 0.486 e. The zero-order chi connectivity index (χ0) is 24.2. The molecular weight excluding hydrogens is 514 g/mol. The van der Waals surface area contributed by atoms with E-state index >= 15 is 0 Å². The van der Waals surface area contributed by atoms with Gasteiger partial charge >= 0.3 is 0 Å². The number of nitrogens with zero attached hydrogens (tertiary/aromatic N) is 2. The first-order valence-corrected chi connectivity index (χ1v) is 12.9. The van der Waals surface area contributed by atoms with Gasteiger partial charge in [0.25, 0.3) is 0 Å². The molecule has 1 atom stereocenters. The predicted molar refractivity (Wildman–Crippen MR) is 128 cm³/mol. The Labute approximate surface area is 201 Å². The van der Waals surface area contributed by atoms with Crippen LogP contribution in [0.25, 0.3) is 0 Å². The lowest BCUT2D eigenvalue weighted by molar-refractivity contribution is -0.139. The smallest absolute Gasteiger partial charge is 0.244 e. The van der Waals surface area contributed by atoms with E-state index in [2.05, 4.69) is 21.2 Å². The van der Waals surface area contributed by atoms with E-state index < -0.39 is 28.5 Å². The third-order valence-corrected chi connectivity index (χ3v) is 6.78. The van der Waals surface area contributed by atoms with Crippen molar-refractivity contribution < 1.29 is 27.5 Å². The summed E-state index contributed by atoms with van der Waals surface area (Å²) < 4.78 is 38.1. The maximum atomic E-state index is 13.4. The normalized spacial score (nSPS) is 13.7. The highest BCUT2D eigenvalue weighted by molar-refractivity contribution is 9.10. The minimum absolute atomic E-state index is 0.131. The number of amides is 2. The lowest BCUT2D eigenvalue weighted by atomic mass is 10.1. The van der Waals surface area contributed by atoms with Crippen molar-refractivity contribution in [2.45, 2.75) is 19.5 Å². The number of rotatable bonds is 8. The van der Waals surface area contributed by atoms with Crippen molar-refractivity contribution in [2.24, 2.45) is 0 Å². The number of hydrogen-bond donors (Lipinski definition) is 1. The molecule has 1 heterocycles. The van der Waals surface area contributed by atoms with E-state index in [0.717, 1.165) is 20.6 Å². The third-order valence-electron chi connectivity index (χ3n) is 5.15. The van der Waals surface area contributed by atoms with Crippen LogP contribution in [0.15, 0.2) is 46.9 Å². The van der Waals surface area contributed by atoms with Crippen LogP contribution in [0.5, 0.6) is 11.5 Å². The zero-order valence-corrected chi connectivity index (χ0v) is 21.0. The summed E-state index contributed by atoms with van der Waals surface area (Å²) in [5.74, 6) is 0.0360. The van der Waals surface area contributed by atoms with Gasteiger partial charge in [-0.2, -0.15) is 0 Å². The first-order chi connectivity index (χ1) is 15.6. The van der Waals surface area contributed by atoms with Gasteiger partial charge in [-0.3, -0.25) is 13.9 Å². The summed E-state index contributed by atoms with van der Waals surface area (Å²) in [5.41, 5.74) is 1.06. The maximum Gasteiger partial charge on any atom is 0.244 e. The first kappa shape index (κ1) is 24.8. The molecule has 0 spiro atoms. The number of carbonyl (C=O) groups is 2. The highest BCUT2D eigenvalue weighted by atomic mass is 79.9. The van der Waals surface area contributed by atoms with Crippen LogP contribution in [-0.4, -0.2) is 64.2 Å². The molecule has 0 unspecified atom stereocenters. The number of fused-ring (bicyclic) bond motifs is 1. The molecule has 1 aliphatic heterocycles. The number of sulfonamides is 1. The fraction of sp³-hybridized carbons (Fsp3) is 0.364. The number of benzene rings is 2. The summed E-state index contributed by atoms with van der Waals surface area (Å²) in [5, 5.41) is 2.54. The molecule has 0 radical (unpaired) electrons. The van der Waals surface area contributed by atoms with Crippen LogP contribution in [-0.2, 0) is 26.2 Å². The quantitative estimate of drug-likeness (QED) is 0.551. The molecule has 1 aliphatic rings. The second-order valence-corrected chi connectivity index (χ2v) is 10.4. The monoisotopic (exact) mass is 539 g/mol. The standard InChI is InChI=1S/C22H26BrN3O6S/c1-15(22(28)24-2)25(13-16-5-4-6-17(23)11-16)21(27)14-26(33(3,29)30)18-7-8-19-20(12-18)32-10-9-31-19/h4-8,11-12,15H,9-10,13-14H2,1-3H3,(H,24,28)/t15-/m1/s1. The number of carbonyl (C=O) groups excluding carboxylic acids is 2. The van der Waals surface area contributed by atoms with Gasteiger partial charge in [0.05, 0.1) is 11.9 Å². The van der Waals surface area contributed by atoms with E-state index in [9.17, 15) is 18.0 Å². The van der Waals surface area contributed by atoms with Crippen molar-refractivity contribution >= 4 is 43.5 Å². The van der Waals surface area contributed by atoms with Gasteiger partial charge < -0.3 is 19.7 Å². The summed E-state index contributed by atoms with van der Waals surface area (Å²) in [4.78, 5) is 27.1. The van der Waals surface area contributed by atoms with E-state index in [1.807, 2.05) is 24.3 Å². The molecular formula is C22H26BrN3O6S. The molecule has 0 fully saturated rings. The minimum atomic E-state index is -3.82. The highest BCUT2D eigenvalue weighted by Crippen LogP contribution is 2.34. The second-order valence-electron chi connectivity index (χ2n) is 7.54.